The Labute approximate surface area is 291 Å². The van der Waals surface area contributed by atoms with Crippen LogP contribution in [0.25, 0.3) is 98.8 Å². The predicted molar refractivity (Wildman–Crippen MR) is 208 cm³/mol. The number of fused-ring (bicyclic) bond motifs is 6. The van der Waals surface area contributed by atoms with Gasteiger partial charge in [0, 0.05) is 10.8 Å². The largest absolute Gasteiger partial charge is 0.456 e. The Hall–Kier alpha value is -6.44. The third-order valence-corrected chi connectivity index (χ3v) is 9.72. The van der Waals surface area contributed by atoms with Crippen molar-refractivity contribution in [3.63, 3.8) is 0 Å². The quantitative estimate of drug-likeness (QED) is 0.177. The average molecular weight is 628 g/mol. The van der Waals surface area contributed by atoms with Crippen molar-refractivity contribution in [2.45, 2.75) is 0 Å². The molecule has 0 aliphatic carbocycles. The van der Waals surface area contributed by atoms with Gasteiger partial charge in [-0.05, 0) is 107 Å². The maximum absolute atomic E-state index is 8.55. The van der Waals surface area contributed by atoms with Crippen LogP contribution in [-0.2, 0) is 0 Å². The molecule has 1 heteroatoms. The SMILES string of the molecule is [2H]c1c([2H])c([2H])c(-c2ccc3c(c2)oc2cccc(-c4c5ccccc5c(-c5cccc(-c6ccc7ccccc7c6)c5)c5ccccc45)c23)c([2H])c1[2H]. The Morgan fingerprint density at radius 1 is 0.367 bits per heavy atom. The smallest absolute Gasteiger partial charge is 0.136 e. The van der Waals surface area contributed by atoms with Crippen LogP contribution < -0.4 is 0 Å². The van der Waals surface area contributed by atoms with E-state index in [2.05, 4.69) is 121 Å². The molecule has 0 unspecified atom stereocenters. The molecule has 0 saturated carbocycles. The van der Waals surface area contributed by atoms with Gasteiger partial charge in [-0.3, -0.25) is 0 Å². The molecule has 0 fully saturated rings. The Balaban J connectivity index is 1.20. The number of benzene rings is 9. The van der Waals surface area contributed by atoms with Crippen LogP contribution in [0.4, 0.5) is 0 Å². The highest BCUT2D eigenvalue weighted by Gasteiger charge is 2.20. The van der Waals surface area contributed by atoms with Crippen LogP contribution in [0.3, 0.4) is 0 Å². The Morgan fingerprint density at radius 3 is 1.76 bits per heavy atom. The summed E-state index contributed by atoms with van der Waals surface area (Å²) in [5.41, 5.74) is 8.75. The van der Waals surface area contributed by atoms with Gasteiger partial charge in [0.1, 0.15) is 11.2 Å². The molecule has 10 aromatic rings. The monoisotopic (exact) mass is 627 g/mol. The molecule has 9 aromatic carbocycles. The van der Waals surface area contributed by atoms with Crippen molar-refractivity contribution in [1.29, 1.82) is 0 Å². The molecule has 1 heterocycles. The van der Waals surface area contributed by atoms with Crippen LogP contribution in [0.2, 0.25) is 0 Å². The Morgan fingerprint density at radius 2 is 0.980 bits per heavy atom. The van der Waals surface area contributed by atoms with Crippen LogP contribution in [0.15, 0.2) is 186 Å². The average Bonchev–Trinajstić information content (AvgIpc) is 3.59. The zero-order chi connectivity index (χ0) is 36.7. The summed E-state index contributed by atoms with van der Waals surface area (Å²) >= 11 is 0. The van der Waals surface area contributed by atoms with Gasteiger partial charge >= 0.3 is 0 Å². The predicted octanol–water partition coefficient (Wildman–Crippen LogP) is 13.7. The van der Waals surface area contributed by atoms with Crippen molar-refractivity contribution in [1.82, 2.24) is 0 Å². The molecule has 228 valence electrons. The second kappa shape index (κ2) is 11.1. The van der Waals surface area contributed by atoms with E-state index in [0.29, 0.717) is 16.7 Å². The van der Waals surface area contributed by atoms with Gasteiger partial charge in [-0.2, -0.15) is 0 Å². The van der Waals surface area contributed by atoms with Crippen molar-refractivity contribution >= 4 is 54.3 Å². The van der Waals surface area contributed by atoms with Gasteiger partial charge in [-0.1, -0.05) is 152 Å². The van der Waals surface area contributed by atoms with Crippen LogP contribution in [-0.4, -0.2) is 0 Å². The van der Waals surface area contributed by atoms with E-state index < -0.39 is 6.04 Å². The fourth-order valence-corrected chi connectivity index (χ4v) is 7.54. The summed E-state index contributed by atoms with van der Waals surface area (Å²) in [4.78, 5) is 0. The summed E-state index contributed by atoms with van der Waals surface area (Å²) in [6, 6.07) is 51.2. The summed E-state index contributed by atoms with van der Waals surface area (Å²) < 4.78 is 48.0. The summed E-state index contributed by atoms with van der Waals surface area (Å²) in [7, 11) is 0. The van der Waals surface area contributed by atoms with Crippen LogP contribution in [0.5, 0.6) is 0 Å². The number of hydrogen-bond donors (Lipinski definition) is 0. The summed E-state index contributed by atoms with van der Waals surface area (Å²) in [5.74, 6) is 0. The normalized spacial score (nSPS) is 13.1. The molecule has 0 spiro atoms. The molecule has 1 aromatic heterocycles. The fourth-order valence-electron chi connectivity index (χ4n) is 7.54. The molecule has 0 amide bonds. The number of hydrogen-bond acceptors (Lipinski definition) is 1. The third kappa shape index (κ3) is 4.47. The molecular weight excluding hydrogens is 593 g/mol. The van der Waals surface area contributed by atoms with E-state index in [-0.39, 0.29) is 29.7 Å². The van der Waals surface area contributed by atoms with Crippen molar-refractivity contribution in [3.8, 4) is 44.5 Å². The van der Waals surface area contributed by atoms with Crippen molar-refractivity contribution in [3.05, 3.63) is 182 Å². The Kier molecular flexibility index (Phi) is 5.20. The van der Waals surface area contributed by atoms with Gasteiger partial charge in [0.2, 0.25) is 0 Å². The number of furan rings is 1. The van der Waals surface area contributed by atoms with Gasteiger partial charge in [0.25, 0.3) is 0 Å². The van der Waals surface area contributed by atoms with Crippen LogP contribution >= 0.6 is 0 Å². The van der Waals surface area contributed by atoms with Crippen LogP contribution in [0.1, 0.15) is 6.85 Å². The van der Waals surface area contributed by atoms with E-state index in [9.17, 15) is 0 Å². The molecule has 1 nitrogen and oxygen atoms in total. The van der Waals surface area contributed by atoms with Gasteiger partial charge in [0.05, 0.1) is 6.85 Å². The first-order valence-corrected chi connectivity index (χ1v) is 16.4. The highest BCUT2D eigenvalue weighted by Crippen LogP contribution is 2.47. The summed E-state index contributed by atoms with van der Waals surface area (Å²) in [6.07, 6.45) is 0. The number of rotatable bonds is 4. The van der Waals surface area contributed by atoms with Crippen molar-refractivity contribution in [2.75, 3.05) is 0 Å². The highest BCUT2D eigenvalue weighted by atomic mass is 16.3. The van der Waals surface area contributed by atoms with E-state index >= 15 is 0 Å². The molecule has 0 aliphatic rings. The zero-order valence-electron chi connectivity index (χ0n) is 31.3. The second-order valence-electron chi connectivity index (χ2n) is 12.5. The lowest BCUT2D eigenvalue weighted by molar-refractivity contribution is 0.669. The minimum absolute atomic E-state index is 0.154. The van der Waals surface area contributed by atoms with Crippen molar-refractivity contribution in [2.24, 2.45) is 0 Å². The molecule has 10 rings (SSSR count). The first kappa shape index (κ1) is 23.0. The van der Waals surface area contributed by atoms with E-state index in [1.807, 2.05) is 24.3 Å². The lowest BCUT2D eigenvalue weighted by atomic mass is 9.84. The van der Waals surface area contributed by atoms with E-state index in [0.717, 1.165) is 54.6 Å². The summed E-state index contributed by atoms with van der Waals surface area (Å²) in [6.45, 7) is 0. The minimum atomic E-state index is -0.411. The van der Waals surface area contributed by atoms with Gasteiger partial charge in [-0.15, -0.1) is 0 Å². The van der Waals surface area contributed by atoms with Gasteiger partial charge < -0.3 is 4.42 Å². The zero-order valence-corrected chi connectivity index (χ0v) is 26.3. The molecule has 0 atom stereocenters. The molecule has 0 aliphatic heterocycles. The van der Waals surface area contributed by atoms with E-state index in [1.54, 1.807) is 6.07 Å². The molecule has 49 heavy (non-hydrogen) atoms. The van der Waals surface area contributed by atoms with Gasteiger partial charge in [0.15, 0.2) is 0 Å². The molecular formula is C48H30O. The van der Waals surface area contributed by atoms with Crippen molar-refractivity contribution < 1.29 is 11.3 Å². The fraction of sp³-hybridized carbons (Fsp3) is 0. The standard InChI is InChI=1S/C48H30O/c1-2-12-31(13-3-1)36-26-27-42-45(30-36)49-44-23-11-22-43(48(42)44)47-40-20-8-6-18-38(40)46(39-19-7-9-21-41(39)47)37-17-10-16-34(29-37)35-25-24-32-14-4-5-15-33(32)28-35/h1-30H/i1D,2D,3D,12D,13D. The second-order valence-corrected chi connectivity index (χ2v) is 12.5. The topological polar surface area (TPSA) is 13.1 Å². The van der Waals surface area contributed by atoms with Gasteiger partial charge in [-0.25, -0.2) is 0 Å². The highest BCUT2D eigenvalue weighted by molar-refractivity contribution is 6.25. The minimum Gasteiger partial charge on any atom is -0.456 e. The lowest BCUT2D eigenvalue weighted by Gasteiger charge is -2.18. The Bertz CT molecular complexity index is 3090. The van der Waals surface area contributed by atoms with E-state index in [1.165, 1.54) is 21.9 Å². The molecule has 0 bridgehead atoms. The molecule has 0 radical (unpaired) electrons. The molecule has 0 N–H and O–H groups in total. The summed E-state index contributed by atoms with van der Waals surface area (Å²) in [5, 5.41) is 8.83. The lowest BCUT2D eigenvalue weighted by Crippen LogP contribution is -1.91. The van der Waals surface area contributed by atoms with E-state index in [4.69, 9.17) is 11.3 Å². The van der Waals surface area contributed by atoms with Crippen LogP contribution in [0, 0.1) is 0 Å². The first-order valence-electron chi connectivity index (χ1n) is 18.9. The first-order chi connectivity index (χ1) is 26.4. The maximum Gasteiger partial charge on any atom is 0.136 e. The third-order valence-electron chi connectivity index (χ3n) is 9.72. The molecule has 0 saturated heterocycles. The maximum atomic E-state index is 8.55.